The molecule has 0 bridgehead atoms. The lowest BCUT2D eigenvalue weighted by Gasteiger charge is -2.06. The summed E-state index contributed by atoms with van der Waals surface area (Å²) in [6.07, 6.45) is 4.98. The predicted octanol–water partition coefficient (Wildman–Crippen LogP) is 3.59. The minimum Gasteiger partial charge on any atom is -0.462 e. The number of hydrogen-bond donors (Lipinski definition) is 2. The molecule has 1 aromatic heterocycles. The van der Waals surface area contributed by atoms with Crippen molar-refractivity contribution in [1.29, 1.82) is 0 Å². The van der Waals surface area contributed by atoms with Crippen molar-refractivity contribution >= 4 is 29.3 Å². The van der Waals surface area contributed by atoms with Crippen LogP contribution in [-0.4, -0.2) is 11.8 Å². The van der Waals surface area contributed by atoms with Gasteiger partial charge in [0.15, 0.2) is 0 Å². The summed E-state index contributed by atoms with van der Waals surface area (Å²) in [6.45, 7) is 1.85. The Labute approximate surface area is 134 Å². The van der Waals surface area contributed by atoms with Crippen LogP contribution in [0.5, 0.6) is 0 Å². The highest BCUT2D eigenvalue weighted by molar-refractivity contribution is 6.02. The van der Waals surface area contributed by atoms with E-state index in [0.717, 1.165) is 24.3 Å². The van der Waals surface area contributed by atoms with Gasteiger partial charge in [0, 0.05) is 23.4 Å². The number of anilines is 2. The molecule has 1 saturated carbocycles. The molecule has 0 unspecified atom stereocenters. The van der Waals surface area contributed by atoms with Crippen LogP contribution < -0.4 is 10.6 Å². The Morgan fingerprint density at radius 1 is 1.04 bits per heavy atom. The Balaban J connectivity index is 1.53. The Bertz CT molecular complexity index is 740. The van der Waals surface area contributed by atoms with Gasteiger partial charge in [-0.3, -0.25) is 9.59 Å². The van der Waals surface area contributed by atoms with Crippen molar-refractivity contribution in [2.75, 3.05) is 10.6 Å². The Hall–Kier alpha value is -2.82. The second-order valence-electron chi connectivity index (χ2n) is 5.61. The number of aryl methyl sites for hydroxylation is 1. The quantitative estimate of drug-likeness (QED) is 0.829. The van der Waals surface area contributed by atoms with Gasteiger partial charge in [-0.25, -0.2) is 0 Å². The van der Waals surface area contributed by atoms with Gasteiger partial charge in [0.1, 0.15) is 11.5 Å². The molecule has 0 spiro atoms. The van der Waals surface area contributed by atoms with E-state index in [0.29, 0.717) is 11.4 Å². The summed E-state index contributed by atoms with van der Waals surface area (Å²) < 4.78 is 5.35. The molecule has 0 atom stereocenters. The number of carbonyl (C=O) groups is 2. The first-order valence-corrected chi connectivity index (χ1v) is 7.56. The lowest BCUT2D eigenvalue weighted by Crippen LogP contribution is -2.13. The van der Waals surface area contributed by atoms with E-state index in [4.69, 9.17) is 4.42 Å². The fourth-order valence-corrected chi connectivity index (χ4v) is 2.11. The fourth-order valence-electron chi connectivity index (χ4n) is 2.11. The van der Waals surface area contributed by atoms with E-state index in [-0.39, 0.29) is 17.7 Å². The fraction of sp³-hybridized carbons (Fsp3) is 0.222. The SMILES string of the molecule is Cc1ccc(/C=C/C(=O)Nc2ccc(NC(=O)C3CC3)cc2)o1. The molecule has 1 heterocycles. The topological polar surface area (TPSA) is 71.3 Å². The number of carbonyl (C=O) groups excluding carboxylic acids is 2. The number of benzene rings is 1. The maximum atomic E-state index is 11.8. The van der Waals surface area contributed by atoms with Gasteiger partial charge in [0.25, 0.3) is 0 Å². The molecular formula is C18H18N2O3. The van der Waals surface area contributed by atoms with Crippen LogP contribution in [0.2, 0.25) is 0 Å². The van der Waals surface area contributed by atoms with Gasteiger partial charge in [-0.15, -0.1) is 0 Å². The Morgan fingerprint density at radius 3 is 2.26 bits per heavy atom. The van der Waals surface area contributed by atoms with E-state index < -0.39 is 0 Å². The van der Waals surface area contributed by atoms with Crippen LogP contribution >= 0.6 is 0 Å². The molecule has 0 saturated heterocycles. The van der Waals surface area contributed by atoms with Crippen LogP contribution in [0.4, 0.5) is 11.4 Å². The Kier molecular flexibility index (Phi) is 4.28. The summed E-state index contributed by atoms with van der Waals surface area (Å²) in [7, 11) is 0. The summed E-state index contributed by atoms with van der Waals surface area (Å²) in [5.74, 6) is 1.43. The molecule has 1 fully saturated rings. The van der Waals surface area contributed by atoms with Gasteiger partial charge in [0.2, 0.25) is 11.8 Å². The van der Waals surface area contributed by atoms with Crippen LogP contribution in [0.1, 0.15) is 24.4 Å². The summed E-state index contributed by atoms with van der Waals surface area (Å²) in [6, 6.07) is 10.7. The van der Waals surface area contributed by atoms with Crippen molar-refractivity contribution < 1.29 is 14.0 Å². The van der Waals surface area contributed by atoms with Crippen molar-refractivity contribution in [3.05, 3.63) is 54.0 Å². The minimum absolute atomic E-state index is 0.0680. The molecule has 0 aliphatic heterocycles. The van der Waals surface area contributed by atoms with Crippen LogP contribution in [0.25, 0.3) is 6.08 Å². The van der Waals surface area contributed by atoms with E-state index in [1.165, 1.54) is 6.08 Å². The Morgan fingerprint density at radius 2 is 1.70 bits per heavy atom. The van der Waals surface area contributed by atoms with Crippen molar-refractivity contribution in [2.24, 2.45) is 5.92 Å². The highest BCUT2D eigenvalue weighted by Crippen LogP contribution is 2.30. The number of amides is 2. The van der Waals surface area contributed by atoms with Crippen LogP contribution in [0.15, 0.2) is 46.9 Å². The standard InChI is InChI=1S/C18H18N2O3/c1-12-2-9-16(23-12)10-11-17(21)19-14-5-7-15(8-6-14)20-18(22)13-3-4-13/h2,5-11,13H,3-4H2,1H3,(H,19,21)(H,20,22)/b11-10+. The summed E-state index contributed by atoms with van der Waals surface area (Å²) in [5.41, 5.74) is 1.40. The number of nitrogens with one attached hydrogen (secondary N) is 2. The second-order valence-corrected chi connectivity index (χ2v) is 5.61. The third-order valence-corrected chi connectivity index (χ3v) is 3.53. The highest BCUT2D eigenvalue weighted by Gasteiger charge is 2.29. The summed E-state index contributed by atoms with van der Waals surface area (Å²) >= 11 is 0. The second kappa shape index (κ2) is 6.52. The molecule has 1 aromatic carbocycles. The average molecular weight is 310 g/mol. The van der Waals surface area contributed by atoms with Gasteiger partial charge >= 0.3 is 0 Å². The predicted molar refractivity (Wildman–Crippen MR) is 88.9 cm³/mol. The summed E-state index contributed by atoms with van der Waals surface area (Å²) in [5, 5.41) is 5.61. The maximum Gasteiger partial charge on any atom is 0.248 e. The molecular weight excluding hydrogens is 292 g/mol. The van der Waals surface area contributed by atoms with E-state index in [1.54, 1.807) is 36.4 Å². The number of hydrogen-bond acceptors (Lipinski definition) is 3. The molecule has 118 valence electrons. The maximum absolute atomic E-state index is 11.8. The van der Waals surface area contributed by atoms with Crippen molar-refractivity contribution in [1.82, 2.24) is 0 Å². The smallest absolute Gasteiger partial charge is 0.248 e. The first-order valence-electron chi connectivity index (χ1n) is 7.56. The molecule has 1 aliphatic carbocycles. The molecule has 5 heteroatoms. The molecule has 0 radical (unpaired) electrons. The van der Waals surface area contributed by atoms with E-state index in [2.05, 4.69) is 10.6 Å². The molecule has 2 N–H and O–H groups in total. The molecule has 2 aromatic rings. The van der Waals surface area contributed by atoms with Gasteiger partial charge in [-0.05, 0) is 62.2 Å². The van der Waals surface area contributed by atoms with Gasteiger partial charge in [-0.1, -0.05) is 0 Å². The molecule has 5 nitrogen and oxygen atoms in total. The van der Waals surface area contributed by atoms with E-state index in [1.807, 2.05) is 13.0 Å². The van der Waals surface area contributed by atoms with Gasteiger partial charge in [0.05, 0.1) is 0 Å². The normalized spacial score (nSPS) is 14.0. The van der Waals surface area contributed by atoms with Crippen molar-refractivity contribution in [3.8, 4) is 0 Å². The van der Waals surface area contributed by atoms with Crippen LogP contribution in [0, 0.1) is 12.8 Å². The zero-order valence-corrected chi connectivity index (χ0v) is 12.8. The first-order chi connectivity index (χ1) is 11.1. The van der Waals surface area contributed by atoms with E-state index >= 15 is 0 Å². The van der Waals surface area contributed by atoms with Crippen molar-refractivity contribution in [2.45, 2.75) is 19.8 Å². The van der Waals surface area contributed by atoms with E-state index in [9.17, 15) is 9.59 Å². The molecule has 3 rings (SSSR count). The third-order valence-electron chi connectivity index (χ3n) is 3.53. The van der Waals surface area contributed by atoms with Gasteiger partial charge < -0.3 is 15.1 Å². The van der Waals surface area contributed by atoms with Crippen LogP contribution in [0.3, 0.4) is 0 Å². The molecule has 2 amide bonds. The van der Waals surface area contributed by atoms with Crippen LogP contribution in [-0.2, 0) is 9.59 Å². The average Bonchev–Trinajstić information content (AvgIpc) is 3.30. The number of furan rings is 1. The first kappa shape index (κ1) is 15.1. The molecule has 23 heavy (non-hydrogen) atoms. The monoisotopic (exact) mass is 310 g/mol. The molecule has 1 aliphatic rings. The number of rotatable bonds is 5. The zero-order valence-electron chi connectivity index (χ0n) is 12.8. The minimum atomic E-state index is -0.242. The summed E-state index contributed by atoms with van der Waals surface area (Å²) in [4.78, 5) is 23.5. The third kappa shape index (κ3) is 4.32. The van der Waals surface area contributed by atoms with Crippen molar-refractivity contribution in [3.63, 3.8) is 0 Å². The van der Waals surface area contributed by atoms with Gasteiger partial charge in [-0.2, -0.15) is 0 Å². The highest BCUT2D eigenvalue weighted by atomic mass is 16.3. The lowest BCUT2D eigenvalue weighted by molar-refractivity contribution is -0.117. The lowest BCUT2D eigenvalue weighted by atomic mass is 10.2. The largest absolute Gasteiger partial charge is 0.462 e. The zero-order chi connectivity index (χ0) is 16.2.